The van der Waals surface area contributed by atoms with E-state index in [2.05, 4.69) is 58.4 Å². The molecule has 0 spiro atoms. The van der Waals surface area contributed by atoms with E-state index in [0.717, 1.165) is 103 Å². The Labute approximate surface area is 219 Å². The monoisotopic (exact) mass is 510 g/mol. The second kappa shape index (κ2) is 9.66. The van der Waals surface area contributed by atoms with Crippen molar-refractivity contribution >= 4 is 27.8 Å². The first-order valence-corrected chi connectivity index (χ1v) is 13.2. The molecule has 0 unspecified atom stereocenters. The number of hydrogen-bond donors (Lipinski definition) is 3. The maximum Gasteiger partial charge on any atom is 0.161 e. The Morgan fingerprint density at radius 2 is 1.87 bits per heavy atom. The number of fused-ring (bicyclic) bond motifs is 2. The van der Waals surface area contributed by atoms with Gasteiger partial charge in [0, 0.05) is 49.5 Å². The van der Waals surface area contributed by atoms with Gasteiger partial charge in [-0.05, 0) is 51.2 Å². The molecule has 0 aliphatic carbocycles. The maximum atomic E-state index is 6.21. The predicted molar refractivity (Wildman–Crippen MR) is 146 cm³/mol. The molecule has 11 nitrogen and oxygen atoms in total. The quantitative estimate of drug-likeness (QED) is 0.327. The number of hydrogen-bond acceptors (Lipinski definition) is 9. The smallest absolute Gasteiger partial charge is 0.161 e. The summed E-state index contributed by atoms with van der Waals surface area (Å²) >= 11 is 0. The minimum Gasteiger partial charge on any atom is -0.489 e. The van der Waals surface area contributed by atoms with Crippen molar-refractivity contribution in [2.45, 2.75) is 18.9 Å². The van der Waals surface area contributed by atoms with Crippen LogP contribution < -0.4 is 15.0 Å². The van der Waals surface area contributed by atoms with Gasteiger partial charge in [-0.2, -0.15) is 5.10 Å². The molecule has 0 saturated carbocycles. The molecule has 5 aromatic rings. The first-order valence-electron chi connectivity index (χ1n) is 13.2. The highest BCUT2D eigenvalue weighted by Gasteiger charge is 2.21. The molecule has 2 aliphatic rings. The van der Waals surface area contributed by atoms with E-state index >= 15 is 0 Å². The molecule has 3 N–H and O–H groups in total. The number of anilines is 1. The highest BCUT2D eigenvalue weighted by molar-refractivity contribution is 5.95. The van der Waals surface area contributed by atoms with Crippen LogP contribution in [0.3, 0.4) is 0 Å². The van der Waals surface area contributed by atoms with Crippen LogP contribution in [-0.2, 0) is 0 Å². The first kappa shape index (κ1) is 23.1. The van der Waals surface area contributed by atoms with E-state index in [4.69, 9.17) is 9.72 Å². The second-order valence-electron chi connectivity index (χ2n) is 10.1. The summed E-state index contributed by atoms with van der Waals surface area (Å²) in [7, 11) is 2.16. The van der Waals surface area contributed by atoms with E-state index in [1.807, 2.05) is 24.5 Å². The number of piperazine rings is 1. The molecule has 2 saturated heterocycles. The summed E-state index contributed by atoms with van der Waals surface area (Å²) in [4.78, 5) is 26.7. The van der Waals surface area contributed by atoms with Crippen LogP contribution >= 0.6 is 0 Å². The summed E-state index contributed by atoms with van der Waals surface area (Å²) in [6, 6.07) is 6.09. The van der Waals surface area contributed by atoms with E-state index in [9.17, 15) is 0 Å². The number of aromatic nitrogens is 7. The Bertz CT molecular complexity index is 1580. The van der Waals surface area contributed by atoms with E-state index < -0.39 is 0 Å². The van der Waals surface area contributed by atoms with Crippen molar-refractivity contribution < 1.29 is 4.74 Å². The maximum absolute atomic E-state index is 6.21. The summed E-state index contributed by atoms with van der Waals surface area (Å²) in [6.07, 6.45) is 9.43. The summed E-state index contributed by atoms with van der Waals surface area (Å²) < 4.78 is 6.21. The van der Waals surface area contributed by atoms with Crippen LogP contribution in [-0.4, -0.2) is 92.4 Å². The van der Waals surface area contributed by atoms with Crippen LogP contribution in [0.1, 0.15) is 12.8 Å². The Morgan fingerprint density at radius 1 is 1.00 bits per heavy atom. The van der Waals surface area contributed by atoms with Crippen LogP contribution in [0.4, 0.5) is 5.69 Å². The van der Waals surface area contributed by atoms with Crippen molar-refractivity contribution in [3.63, 3.8) is 0 Å². The molecule has 0 radical (unpaired) electrons. The number of ether oxygens (including phenoxy) is 1. The average molecular weight is 511 g/mol. The SMILES string of the molecule is CN1CCN(c2ccnc3[nH]c(-c4n[nH]c5cnc(-c6cncc(OC7CCNCC7)c6)cc45)nc23)CC1. The molecule has 38 heavy (non-hydrogen) atoms. The fourth-order valence-corrected chi connectivity index (χ4v) is 5.30. The lowest BCUT2D eigenvalue weighted by molar-refractivity contribution is 0.162. The minimum atomic E-state index is 0.210. The number of nitrogens with one attached hydrogen (secondary N) is 3. The molecule has 5 aromatic heterocycles. The number of likely N-dealkylation sites (N-methyl/N-ethyl adjacent to an activating group) is 1. The topological polar surface area (TPSA) is 124 Å². The van der Waals surface area contributed by atoms with Gasteiger partial charge in [0.05, 0.1) is 29.3 Å². The third kappa shape index (κ3) is 4.33. The van der Waals surface area contributed by atoms with Crippen molar-refractivity contribution in [2.75, 3.05) is 51.2 Å². The molecule has 0 bridgehead atoms. The van der Waals surface area contributed by atoms with Gasteiger partial charge in [-0.1, -0.05) is 0 Å². The lowest BCUT2D eigenvalue weighted by Crippen LogP contribution is -2.44. The average Bonchev–Trinajstić information content (AvgIpc) is 3.58. The normalized spacial score (nSPS) is 17.4. The van der Waals surface area contributed by atoms with Crippen molar-refractivity contribution in [3.8, 4) is 28.5 Å². The number of imidazole rings is 1. The number of rotatable bonds is 5. The van der Waals surface area contributed by atoms with Crippen LogP contribution in [0.2, 0.25) is 0 Å². The summed E-state index contributed by atoms with van der Waals surface area (Å²) in [5, 5.41) is 12.0. The number of aromatic amines is 2. The van der Waals surface area contributed by atoms with Gasteiger partial charge in [0.15, 0.2) is 11.5 Å². The summed E-state index contributed by atoms with van der Waals surface area (Å²) in [5.74, 6) is 1.45. The molecule has 194 valence electrons. The Morgan fingerprint density at radius 3 is 2.74 bits per heavy atom. The van der Waals surface area contributed by atoms with Gasteiger partial charge in [-0.15, -0.1) is 0 Å². The fraction of sp³-hybridized carbons (Fsp3) is 0.370. The molecule has 0 amide bonds. The van der Waals surface area contributed by atoms with Gasteiger partial charge in [0.2, 0.25) is 0 Å². The lowest BCUT2D eigenvalue weighted by atomic mass is 10.1. The zero-order chi connectivity index (χ0) is 25.5. The number of pyridine rings is 3. The standard InChI is InChI=1S/C27H30N10O/c1-36-8-10-37(11-9-36)23-4-7-30-26-25(23)32-27(33-26)24-20-13-21(31-16-22(20)34-35-24)17-12-19(15-29-14-17)38-18-2-5-28-6-3-18/h4,7,12-16,18,28H,2-3,5-6,8-11H2,1H3,(H,34,35)(H,30,32,33). The summed E-state index contributed by atoms with van der Waals surface area (Å²) in [6.45, 7) is 5.94. The van der Waals surface area contributed by atoms with Gasteiger partial charge in [-0.25, -0.2) is 9.97 Å². The summed E-state index contributed by atoms with van der Waals surface area (Å²) in [5.41, 5.74) is 6.00. The largest absolute Gasteiger partial charge is 0.489 e. The highest BCUT2D eigenvalue weighted by Crippen LogP contribution is 2.32. The Balaban J connectivity index is 1.22. The van der Waals surface area contributed by atoms with Gasteiger partial charge in [-0.3, -0.25) is 15.1 Å². The van der Waals surface area contributed by atoms with Crippen LogP contribution in [0, 0.1) is 0 Å². The second-order valence-corrected chi connectivity index (χ2v) is 10.1. The van der Waals surface area contributed by atoms with E-state index in [1.165, 1.54) is 0 Å². The Hall–Kier alpha value is -4.09. The predicted octanol–water partition coefficient (Wildman–Crippen LogP) is 2.84. The first-order chi connectivity index (χ1) is 18.7. The van der Waals surface area contributed by atoms with Crippen LogP contribution in [0.5, 0.6) is 5.75 Å². The molecule has 0 aromatic carbocycles. The van der Waals surface area contributed by atoms with Crippen molar-refractivity contribution in [3.05, 3.63) is 43.0 Å². The van der Waals surface area contributed by atoms with Crippen molar-refractivity contribution in [1.82, 2.24) is 45.3 Å². The number of nitrogens with zero attached hydrogens (tertiary/aromatic N) is 7. The lowest BCUT2D eigenvalue weighted by Gasteiger charge is -2.33. The van der Waals surface area contributed by atoms with Crippen LogP contribution in [0.25, 0.3) is 44.8 Å². The third-order valence-corrected chi connectivity index (χ3v) is 7.48. The molecule has 7 heterocycles. The van der Waals surface area contributed by atoms with Gasteiger partial charge in [0.25, 0.3) is 0 Å². The number of piperidine rings is 1. The van der Waals surface area contributed by atoms with Crippen molar-refractivity contribution in [2.24, 2.45) is 0 Å². The van der Waals surface area contributed by atoms with Gasteiger partial charge in [0.1, 0.15) is 23.1 Å². The molecule has 0 atom stereocenters. The van der Waals surface area contributed by atoms with Crippen LogP contribution in [0.15, 0.2) is 43.0 Å². The molecule has 2 fully saturated rings. The molecular formula is C27H30N10O. The zero-order valence-corrected chi connectivity index (χ0v) is 21.3. The molecular weight excluding hydrogens is 480 g/mol. The minimum absolute atomic E-state index is 0.210. The van der Waals surface area contributed by atoms with Gasteiger partial charge >= 0.3 is 0 Å². The number of H-pyrrole nitrogens is 2. The molecule has 2 aliphatic heterocycles. The Kier molecular flexibility index (Phi) is 5.86. The van der Waals surface area contributed by atoms with E-state index in [0.29, 0.717) is 5.82 Å². The highest BCUT2D eigenvalue weighted by atomic mass is 16.5. The van der Waals surface area contributed by atoms with Crippen molar-refractivity contribution in [1.29, 1.82) is 0 Å². The zero-order valence-electron chi connectivity index (χ0n) is 21.3. The fourth-order valence-electron chi connectivity index (χ4n) is 5.30. The van der Waals surface area contributed by atoms with Gasteiger partial charge < -0.3 is 24.8 Å². The third-order valence-electron chi connectivity index (χ3n) is 7.48. The molecule has 7 rings (SSSR count). The van der Waals surface area contributed by atoms with E-state index in [1.54, 1.807) is 12.4 Å². The molecule has 11 heteroatoms. The van der Waals surface area contributed by atoms with E-state index in [-0.39, 0.29) is 6.10 Å².